The minimum atomic E-state index is -0.800. The van der Waals surface area contributed by atoms with Gasteiger partial charge in [0.25, 0.3) is 0 Å². The lowest BCUT2D eigenvalue weighted by molar-refractivity contribution is 0.625. The van der Waals surface area contributed by atoms with Gasteiger partial charge >= 0.3 is 0 Å². The first-order chi connectivity index (χ1) is 37.7. The molecule has 76 heavy (non-hydrogen) atoms. The predicted octanol–water partition coefficient (Wildman–Crippen LogP) is 18.5. The molecule has 0 bridgehead atoms. The quantitative estimate of drug-likeness (QED) is 0.0749. The van der Waals surface area contributed by atoms with Crippen molar-refractivity contribution in [1.82, 2.24) is 0 Å². The van der Waals surface area contributed by atoms with Crippen molar-refractivity contribution in [3.05, 3.63) is 351 Å². The second-order valence-corrected chi connectivity index (χ2v) is 19.3. The van der Waals surface area contributed by atoms with Crippen LogP contribution in [0.2, 0.25) is 0 Å². The molecule has 0 fully saturated rings. The lowest BCUT2D eigenvalue weighted by Gasteiger charge is -2.51. The lowest BCUT2D eigenvalue weighted by Crippen LogP contribution is -2.56. The van der Waals surface area contributed by atoms with E-state index in [-0.39, 0.29) is 11.8 Å². The van der Waals surface area contributed by atoms with Crippen molar-refractivity contribution < 1.29 is 0 Å². The van der Waals surface area contributed by atoms with Gasteiger partial charge < -0.3 is 19.6 Å². The fraction of sp³-hybridized carbons (Fsp3) is 0.0556. The minimum absolute atomic E-state index is 0.120. The molecule has 10 aromatic rings. The summed E-state index contributed by atoms with van der Waals surface area (Å²) in [5.41, 5.74) is 11.7. The van der Waals surface area contributed by atoms with Gasteiger partial charge in [-0.3, -0.25) is 0 Å². The monoisotopic (exact) mass is 978 g/mol. The topological polar surface area (TPSA) is 13.0 Å². The van der Waals surface area contributed by atoms with Crippen LogP contribution in [0, 0.1) is 0 Å². The Balaban J connectivity index is 0.963. The van der Waals surface area contributed by atoms with Crippen LogP contribution in [0.1, 0.15) is 23.0 Å². The molecule has 4 nitrogen and oxygen atoms in total. The van der Waals surface area contributed by atoms with Gasteiger partial charge in [0.15, 0.2) is 11.3 Å². The molecule has 0 saturated heterocycles. The zero-order chi connectivity index (χ0) is 51.0. The molecule has 0 unspecified atom stereocenters. The molecule has 0 amide bonds. The smallest absolute Gasteiger partial charge is 0.160 e. The third kappa shape index (κ3) is 9.34. The summed E-state index contributed by atoms with van der Waals surface area (Å²) in [6.07, 6.45) is 19.0. The summed E-state index contributed by atoms with van der Waals surface area (Å²) in [5.74, 6) is 0.240. The van der Waals surface area contributed by atoms with Gasteiger partial charge in [-0.05, 0) is 144 Å². The van der Waals surface area contributed by atoms with Crippen molar-refractivity contribution in [2.75, 3.05) is 19.6 Å². The summed E-state index contributed by atoms with van der Waals surface area (Å²) >= 11 is 0. The van der Waals surface area contributed by atoms with Gasteiger partial charge in [0.1, 0.15) is 0 Å². The molecule has 0 aromatic heterocycles. The minimum Gasteiger partial charge on any atom is -0.311 e. The maximum Gasteiger partial charge on any atom is 0.160 e. The Morgan fingerprint density at radius 3 is 0.592 bits per heavy atom. The standard InChI is InChI=1S/C72H58N4/c1-9-25-57(26-10-1)61-49-53-71(54-50-61,73(63-29-13-3-14-30-63)64-31-15-4-16-32-64)75(67-37-21-7-22-38-67)69-45-41-59(42-46-69)60-43-47-70(48-44-60)76(68-39-23-8-24-40-68)72(55-51-62(52-56-72)58-27-11-2-12-28-58)74(65-33-17-5-18-34-65)66-35-19-6-20-36-66/h1-56,61-62H. The van der Waals surface area contributed by atoms with Crippen LogP contribution in [0.5, 0.6) is 0 Å². The number of hydrogen-bond donors (Lipinski definition) is 0. The number of nitrogens with zero attached hydrogens (tertiary/aromatic N) is 4. The van der Waals surface area contributed by atoms with Gasteiger partial charge in [-0.1, -0.05) is 218 Å². The third-order valence-electron chi connectivity index (χ3n) is 14.7. The molecule has 0 heterocycles. The summed E-state index contributed by atoms with van der Waals surface area (Å²) in [6.45, 7) is 0. The van der Waals surface area contributed by atoms with Crippen molar-refractivity contribution >= 4 is 45.5 Å². The number of benzene rings is 10. The SMILES string of the molecule is C1=CC(N(c2ccccc2)c2ccccc2)(N(c2ccccc2)c2ccc(-c3ccc(N(c4ccccc4)C4(N(c5ccccc5)c5ccccc5)C=CC(c5ccccc5)C=C4)cc3)cc2)C=CC1c1ccccc1. The molecule has 0 aliphatic heterocycles. The van der Waals surface area contributed by atoms with Gasteiger partial charge in [0, 0.05) is 57.3 Å². The molecule has 0 atom stereocenters. The average Bonchev–Trinajstić information content (AvgIpc) is 3.52. The van der Waals surface area contributed by atoms with E-state index in [0.717, 1.165) is 56.6 Å². The molecule has 4 heteroatoms. The first-order valence-corrected chi connectivity index (χ1v) is 26.3. The molecule has 366 valence electrons. The van der Waals surface area contributed by atoms with Crippen LogP contribution in [-0.2, 0) is 0 Å². The molecule has 0 N–H and O–H groups in total. The highest BCUT2D eigenvalue weighted by molar-refractivity contribution is 5.82. The Kier molecular flexibility index (Phi) is 13.4. The zero-order valence-corrected chi connectivity index (χ0v) is 42.3. The van der Waals surface area contributed by atoms with Crippen LogP contribution in [0.25, 0.3) is 11.1 Å². The number of anilines is 8. The van der Waals surface area contributed by atoms with Crippen LogP contribution in [-0.4, -0.2) is 11.3 Å². The fourth-order valence-corrected chi connectivity index (χ4v) is 11.1. The van der Waals surface area contributed by atoms with E-state index in [1.165, 1.54) is 11.1 Å². The van der Waals surface area contributed by atoms with Crippen molar-refractivity contribution in [2.24, 2.45) is 0 Å². The first-order valence-electron chi connectivity index (χ1n) is 26.3. The van der Waals surface area contributed by atoms with Crippen molar-refractivity contribution in [3.8, 4) is 11.1 Å². The van der Waals surface area contributed by atoms with Crippen LogP contribution in [0.15, 0.2) is 340 Å². The molecule has 0 saturated carbocycles. The molecule has 10 aromatic carbocycles. The third-order valence-corrected chi connectivity index (χ3v) is 14.7. The Morgan fingerprint density at radius 2 is 0.382 bits per heavy atom. The summed E-state index contributed by atoms with van der Waals surface area (Å²) in [5, 5.41) is 0. The summed E-state index contributed by atoms with van der Waals surface area (Å²) < 4.78 is 0. The Hall–Kier alpha value is -9.64. The van der Waals surface area contributed by atoms with E-state index in [1.807, 2.05) is 0 Å². The molecule has 12 rings (SSSR count). The highest BCUT2D eigenvalue weighted by Gasteiger charge is 2.44. The van der Waals surface area contributed by atoms with E-state index in [0.29, 0.717) is 0 Å². The van der Waals surface area contributed by atoms with Crippen LogP contribution < -0.4 is 19.6 Å². The van der Waals surface area contributed by atoms with Gasteiger partial charge in [-0.25, -0.2) is 0 Å². The van der Waals surface area contributed by atoms with E-state index in [1.54, 1.807) is 0 Å². The first kappa shape index (κ1) is 47.4. The largest absolute Gasteiger partial charge is 0.311 e. The normalized spacial score (nSPS) is 18.4. The number of para-hydroxylation sites is 6. The Bertz CT molecular complexity index is 3220. The Morgan fingerprint density at radius 1 is 0.197 bits per heavy atom. The van der Waals surface area contributed by atoms with Crippen molar-refractivity contribution in [2.45, 2.75) is 23.2 Å². The van der Waals surface area contributed by atoms with Crippen LogP contribution in [0.4, 0.5) is 45.5 Å². The molecule has 0 spiro atoms. The van der Waals surface area contributed by atoms with E-state index >= 15 is 0 Å². The van der Waals surface area contributed by atoms with E-state index in [9.17, 15) is 0 Å². The number of hydrogen-bond acceptors (Lipinski definition) is 4. The summed E-state index contributed by atoms with van der Waals surface area (Å²) in [4.78, 5) is 9.87. The molecular weight excluding hydrogens is 921 g/mol. The Labute approximate surface area is 448 Å². The van der Waals surface area contributed by atoms with Crippen molar-refractivity contribution in [3.63, 3.8) is 0 Å². The summed E-state index contributed by atoms with van der Waals surface area (Å²) in [6, 6.07) is 104. The number of allylic oxidation sites excluding steroid dienone is 4. The maximum atomic E-state index is 2.48. The highest BCUT2D eigenvalue weighted by Crippen LogP contribution is 2.49. The van der Waals surface area contributed by atoms with Crippen LogP contribution >= 0.6 is 0 Å². The number of rotatable bonds is 15. The van der Waals surface area contributed by atoms with Crippen LogP contribution in [0.3, 0.4) is 0 Å². The molecular formula is C72H58N4. The van der Waals surface area contributed by atoms with Gasteiger partial charge in [-0.2, -0.15) is 0 Å². The van der Waals surface area contributed by atoms with E-state index in [4.69, 9.17) is 0 Å². The van der Waals surface area contributed by atoms with E-state index in [2.05, 4.69) is 359 Å². The van der Waals surface area contributed by atoms with Gasteiger partial charge in [0.2, 0.25) is 0 Å². The van der Waals surface area contributed by atoms with Crippen molar-refractivity contribution in [1.29, 1.82) is 0 Å². The summed E-state index contributed by atoms with van der Waals surface area (Å²) in [7, 11) is 0. The zero-order valence-electron chi connectivity index (χ0n) is 42.3. The lowest BCUT2D eigenvalue weighted by atomic mass is 9.87. The second kappa shape index (κ2) is 21.4. The van der Waals surface area contributed by atoms with Gasteiger partial charge in [0.05, 0.1) is 0 Å². The maximum absolute atomic E-state index is 2.48. The van der Waals surface area contributed by atoms with E-state index < -0.39 is 11.3 Å². The molecule has 2 aliphatic rings. The highest BCUT2D eigenvalue weighted by atomic mass is 15.4. The van der Waals surface area contributed by atoms with Gasteiger partial charge in [-0.15, -0.1) is 0 Å². The second-order valence-electron chi connectivity index (χ2n) is 19.3. The average molecular weight is 979 g/mol. The molecule has 2 aliphatic carbocycles. The predicted molar refractivity (Wildman–Crippen MR) is 319 cm³/mol. The fourth-order valence-electron chi connectivity index (χ4n) is 11.1. The molecule has 0 radical (unpaired) electrons.